The molecular weight excluding hydrogens is 207 g/mol. The molecule has 0 fully saturated rings. The SMILES string of the molecule is CCC=CSP(=O)(OCC)OCC. The highest BCUT2D eigenvalue weighted by Crippen LogP contribution is 2.61. The van der Waals surface area contributed by atoms with E-state index in [1.807, 2.05) is 13.0 Å². The van der Waals surface area contributed by atoms with Crippen molar-refractivity contribution in [2.24, 2.45) is 0 Å². The third kappa shape index (κ3) is 6.33. The van der Waals surface area contributed by atoms with Gasteiger partial charge in [-0.25, -0.2) is 4.57 Å². The first-order chi connectivity index (χ1) is 6.18. The van der Waals surface area contributed by atoms with Gasteiger partial charge in [0.1, 0.15) is 0 Å². The van der Waals surface area contributed by atoms with Gasteiger partial charge in [0.25, 0.3) is 0 Å². The van der Waals surface area contributed by atoms with Gasteiger partial charge in [-0.15, -0.1) is 0 Å². The van der Waals surface area contributed by atoms with Gasteiger partial charge < -0.3 is 9.05 Å². The molecule has 0 saturated carbocycles. The molecule has 0 spiro atoms. The molecule has 0 atom stereocenters. The van der Waals surface area contributed by atoms with Crippen LogP contribution in [0.15, 0.2) is 11.5 Å². The molecule has 0 amide bonds. The summed E-state index contributed by atoms with van der Waals surface area (Å²) in [6, 6.07) is 0. The average molecular weight is 224 g/mol. The van der Waals surface area contributed by atoms with E-state index in [4.69, 9.17) is 9.05 Å². The number of rotatable bonds is 7. The fourth-order valence-corrected chi connectivity index (χ4v) is 3.59. The molecular formula is C8H17O3PS. The van der Waals surface area contributed by atoms with E-state index in [0.29, 0.717) is 13.2 Å². The van der Waals surface area contributed by atoms with Crippen LogP contribution in [0.3, 0.4) is 0 Å². The highest BCUT2D eigenvalue weighted by molar-refractivity contribution is 8.56. The molecule has 0 N–H and O–H groups in total. The quantitative estimate of drug-likeness (QED) is 0.616. The fourth-order valence-electron chi connectivity index (χ4n) is 0.628. The third-order valence-electron chi connectivity index (χ3n) is 1.10. The molecule has 0 aliphatic heterocycles. The van der Waals surface area contributed by atoms with Crippen molar-refractivity contribution in [2.45, 2.75) is 27.2 Å². The van der Waals surface area contributed by atoms with Crippen LogP contribution in [0.25, 0.3) is 0 Å². The van der Waals surface area contributed by atoms with E-state index in [0.717, 1.165) is 17.8 Å². The van der Waals surface area contributed by atoms with E-state index in [9.17, 15) is 4.57 Å². The van der Waals surface area contributed by atoms with Gasteiger partial charge in [0.2, 0.25) is 0 Å². The van der Waals surface area contributed by atoms with Crippen molar-refractivity contribution in [1.29, 1.82) is 0 Å². The Hall–Kier alpha value is 0.240. The predicted molar refractivity (Wildman–Crippen MR) is 57.9 cm³/mol. The Labute approximate surface area is 84.2 Å². The first-order valence-corrected chi connectivity index (χ1v) is 7.43. The predicted octanol–water partition coefficient (Wildman–Crippen LogP) is 3.82. The Kier molecular flexibility index (Phi) is 7.77. The Morgan fingerprint density at radius 3 is 2.15 bits per heavy atom. The van der Waals surface area contributed by atoms with E-state index in [-0.39, 0.29) is 0 Å². The van der Waals surface area contributed by atoms with Gasteiger partial charge in [-0.05, 0) is 37.1 Å². The summed E-state index contributed by atoms with van der Waals surface area (Å²) in [5.74, 6) is 0. The molecule has 0 radical (unpaired) electrons. The minimum absolute atomic E-state index is 0.407. The molecule has 3 nitrogen and oxygen atoms in total. The molecule has 0 aromatic heterocycles. The van der Waals surface area contributed by atoms with Crippen molar-refractivity contribution in [2.75, 3.05) is 13.2 Å². The summed E-state index contributed by atoms with van der Waals surface area (Å²) in [6.07, 6.45) is 2.85. The third-order valence-corrected chi connectivity index (χ3v) is 4.59. The minimum Gasteiger partial charge on any atom is -0.301 e. The maximum atomic E-state index is 11.8. The highest BCUT2D eigenvalue weighted by Gasteiger charge is 2.22. The topological polar surface area (TPSA) is 35.5 Å². The fraction of sp³-hybridized carbons (Fsp3) is 0.750. The van der Waals surface area contributed by atoms with Crippen LogP contribution in [0.2, 0.25) is 0 Å². The lowest BCUT2D eigenvalue weighted by atomic mass is 10.5. The molecule has 0 saturated heterocycles. The smallest absolute Gasteiger partial charge is 0.301 e. The molecule has 0 bridgehead atoms. The summed E-state index contributed by atoms with van der Waals surface area (Å²) in [6.45, 7) is 3.51. The first kappa shape index (κ1) is 13.2. The van der Waals surface area contributed by atoms with Crippen molar-refractivity contribution in [1.82, 2.24) is 0 Å². The van der Waals surface area contributed by atoms with Crippen LogP contribution in [-0.4, -0.2) is 13.2 Å². The highest BCUT2D eigenvalue weighted by atomic mass is 32.7. The second-order valence-corrected chi connectivity index (χ2v) is 6.04. The monoisotopic (exact) mass is 224 g/mol. The van der Waals surface area contributed by atoms with Crippen LogP contribution in [0, 0.1) is 0 Å². The number of hydrogen-bond acceptors (Lipinski definition) is 4. The molecule has 0 aromatic rings. The summed E-state index contributed by atoms with van der Waals surface area (Å²) >= 11 is 1.13. The molecule has 0 aromatic carbocycles. The summed E-state index contributed by atoms with van der Waals surface area (Å²) in [5.41, 5.74) is 0. The molecule has 0 rings (SSSR count). The Bertz CT molecular complexity index is 184. The van der Waals surface area contributed by atoms with Gasteiger partial charge >= 0.3 is 6.80 Å². The molecule has 0 aliphatic carbocycles. The standard InChI is InChI=1S/C8H17O3PS/c1-4-7-8-13-12(9,10-5-2)11-6-3/h7-8H,4-6H2,1-3H3. The minimum atomic E-state index is -2.92. The van der Waals surface area contributed by atoms with Crippen LogP contribution in [-0.2, 0) is 13.6 Å². The normalized spacial score (nSPS) is 12.5. The average Bonchev–Trinajstić information content (AvgIpc) is 2.05. The Morgan fingerprint density at radius 2 is 1.77 bits per heavy atom. The maximum absolute atomic E-state index is 11.8. The number of allylic oxidation sites excluding steroid dienone is 1. The van der Waals surface area contributed by atoms with Crippen LogP contribution >= 0.6 is 18.2 Å². The van der Waals surface area contributed by atoms with Crippen LogP contribution in [0.1, 0.15) is 27.2 Å². The lowest BCUT2D eigenvalue weighted by Crippen LogP contribution is -1.90. The second-order valence-electron chi connectivity index (χ2n) is 2.17. The van der Waals surface area contributed by atoms with Crippen molar-refractivity contribution < 1.29 is 13.6 Å². The van der Waals surface area contributed by atoms with Gasteiger partial charge in [0.15, 0.2) is 0 Å². The lowest BCUT2D eigenvalue weighted by molar-refractivity contribution is 0.237. The largest absolute Gasteiger partial charge is 0.393 e. The lowest BCUT2D eigenvalue weighted by Gasteiger charge is -2.13. The zero-order valence-corrected chi connectivity index (χ0v) is 10.1. The zero-order valence-electron chi connectivity index (χ0n) is 8.36. The van der Waals surface area contributed by atoms with E-state index in [1.165, 1.54) is 0 Å². The van der Waals surface area contributed by atoms with Gasteiger partial charge in [-0.2, -0.15) is 0 Å². The van der Waals surface area contributed by atoms with Crippen molar-refractivity contribution in [3.63, 3.8) is 0 Å². The second kappa shape index (κ2) is 7.63. The summed E-state index contributed by atoms with van der Waals surface area (Å²) in [7, 11) is 0. The first-order valence-electron chi connectivity index (χ1n) is 4.41. The molecule has 0 aliphatic rings. The Balaban J connectivity index is 4.07. The van der Waals surface area contributed by atoms with Gasteiger partial charge in [0.05, 0.1) is 13.2 Å². The van der Waals surface area contributed by atoms with Gasteiger partial charge in [-0.3, -0.25) is 0 Å². The molecule has 0 heterocycles. The van der Waals surface area contributed by atoms with E-state index >= 15 is 0 Å². The van der Waals surface area contributed by atoms with Crippen molar-refractivity contribution in [3.05, 3.63) is 11.5 Å². The van der Waals surface area contributed by atoms with E-state index < -0.39 is 6.80 Å². The summed E-state index contributed by atoms with van der Waals surface area (Å²) in [5, 5.41) is 1.77. The van der Waals surface area contributed by atoms with Crippen molar-refractivity contribution in [3.8, 4) is 0 Å². The van der Waals surface area contributed by atoms with Crippen LogP contribution in [0.4, 0.5) is 0 Å². The van der Waals surface area contributed by atoms with E-state index in [2.05, 4.69) is 0 Å². The van der Waals surface area contributed by atoms with Gasteiger partial charge in [0, 0.05) is 0 Å². The van der Waals surface area contributed by atoms with Crippen LogP contribution < -0.4 is 0 Å². The van der Waals surface area contributed by atoms with Crippen molar-refractivity contribution >= 4 is 18.2 Å². The molecule has 0 unspecified atom stereocenters. The van der Waals surface area contributed by atoms with Gasteiger partial charge in [-0.1, -0.05) is 13.0 Å². The van der Waals surface area contributed by atoms with Crippen LogP contribution in [0.5, 0.6) is 0 Å². The summed E-state index contributed by atoms with van der Waals surface area (Å²) in [4.78, 5) is 0. The Morgan fingerprint density at radius 1 is 1.23 bits per heavy atom. The summed E-state index contributed by atoms with van der Waals surface area (Å²) < 4.78 is 21.9. The molecule has 78 valence electrons. The molecule has 5 heteroatoms. The molecule has 13 heavy (non-hydrogen) atoms. The maximum Gasteiger partial charge on any atom is 0.393 e. The van der Waals surface area contributed by atoms with E-state index in [1.54, 1.807) is 19.3 Å². The number of hydrogen-bond donors (Lipinski definition) is 0. The zero-order chi connectivity index (χ0) is 10.2.